The van der Waals surface area contributed by atoms with Gasteiger partial charge >= 0.3 is 18.0 Å². The third-order valence-corrected chi connectivity index (χ3v) is 8.56. The molecule has 2 aromatic heterocycles. The Labute approximate surface area is 291 Å². The zero-order valence-corrected chi connectivity index (χ0v) is 29.0. The molecule has 0 unspecified atom stereocenters. The van der Waals surface area contributed by atoms with Crippen LogP contribution in [-0.4, -0.2) is 52.0 Å². The Hall–Kier alpha value is -5.58. The normalized spacial score (nSPS) is 15.4. The number of carboxylic acids is 1. The number of amides is 1. The molecule has 1 saturated heterocycles. The highest BCUT2D eigenvalue weighted by molar-refractivity contribution is 5.74. The number of aliphatic carboxylic acids is 1. The Balaban J connectivity index is 0.000000288. The molecule has 2 atom stereocenters. The molecule has 11 heteroatoms. The van der Waals surface area contributed by atoms with Crippen LogP contribution < -0.4 is 9.47 Å². The number of rotatable bonds is 10. The number of oxazole rings is 2. The van der Waals surface area contributed by atoms with Crippen LogP contribution in [0.2, 0.25) is 0 Å². The Morgan fingerprint density at radius 2 is 1.54 bits per heavy atom. The van der Waals surface area contributed by atoms with Crippen molar-refractivity contribution < 1.29 is 42.9 Å². The number of carboxylic acid groups (broad SMARTS) is 1. The molecule has 2 N–H and O–H groups in total. The van der Waals surface area contributed by atoms with Crippen molar-refractivity contribution in [2.24, 2.45) is 17.8 Å². The van der Waals surface area contributed by atoms with Gasteiger partial charge in [-0.05, 0) is 67.1 Å². The fourth-order valence-electron chi connectivity index (χ4n) is 5.60. The summed E-state index contributed by atoms with van der Waals surface area (Å²) in [5.41, 5.74) is 4.22. The van der Waals surface area contributed by atoms with Gasteiger partial charge in [0.2, 0.25) is 5.89 Å². The first-order valence-electron chi connectivity index (χ1n) is 16.6. The average Bonchev–Trinajstić information content (AvgIpc) is 3.79. The van der Waals surface area contributed by atoms with Crippen LogP contribution in [-0.2, 0) is 22.6 Å². The summed E-state index contributed by atoms with van der Waals surface area (Å²) in [6, 6.07) is 26.8. The van der Waals surface area contributed by atoms with Crippen molar-refractivity contribution in [2.45, 2.75) is 47.6 Å². The SMILES string of the molecule is Cc1oc(-c2ccccc2)[n+](O)c1C.Cc1oc(-c2ccccc2)nc1COc1ccc(C[C@@H]2CN(C(=O)OCC(C)C)C[C@@H]2C(=O)O)cc1. The number of nitrogens with zero attached hydrogens (tertiary/aromatic N) is 3. The topological polar surface area (TPSA) is 139 Å². The summed E-state index contributed by atoms with van der Waals surface area (Å²) in [5.74, 6) is 1.68. The van der Waals surface area contributed by atoms with Gasteiger partial charge in [0, 0.05) is 32.5 Å². The van der Waals surface area contributed by atoms with Crippen LogP contribution in [0, 0.1) is 38.5 Å². The lowest BCUT2D eigenvalue weighted by Gasteiger charge is -2.17. The molecular formula is C39H44N3O8+. The van der Waals surface area contributed by atoms with Crippen molar-refractivity contribution in [3.8, 4) is 28.7 Å². The Morgan fingerprint density at radius 3 is 2.12 bits per heavy atom. The number of likely N-dealkylation sites (tertiary alicyclic amines) is 1. The first kappa shape index (κ1) is 35.7. The second-order valence-corrected chi connectivity index (χ2v) is 12.8. The number of ether oxygens (including phenoxy) is 2. The lowest BCUT2D eigenvalue weighted by Crippen LogP contribution is -2.33. The predicted molar refractivity (Wildman–Crippen MR) is 185 cm³/mol. The van der Waals surface area contributed by atoms with Gasteiger partial charge in [0.05, 0.1) is 22.8 Å². The highest BCUT2D eigenvalue weighted by atomic mass is 16.6. The summed E-state index contributed by atoms with van der Waals surface area (Å²) in [4.78, 5) is 30.2. The third kappa shape index (κ3) is 8.90. The molecule has 6 rings (SSSR count). The second kappa shape index (κ2) is 16.2. The minimum atomic E-state index is -0.892. The molecule has 1 amide bonds. The molecule has 0 radical (unpaired) electrons. The standard InChI is InChI=1S/C28H32N2O6.C11H12NO2/c1-18(2)16-35-28(33)30-14-22(24(15-30)27(31)32)13-20-9-11-23(12-10-20)34-17-25-19(3)36-26(29-25)21-7-5-4-6-8-21;1-8-9(2)14-11(12(8)13)10-6-4-3-5-7-10/h4-12,18,22,24H,13-17H2,1-3H3,(H,31,32);3-7,13H,1-2H3/q;+1/t22-,24+;/m1./s1. The van der Waals surface area contributed by atoms with Crippen LogP contribution >= 0.6 is 0 Å². The molecule has 3 heterocycles. The molecular weight excluding hydrogens is 638 g/mol. The van der Waals surface area contributed by atoms with E-state index in [0.717, 1.165) is 38.6 Å². The maximum Gasteiger partial charge on any atom is 0.429 e. The van der Waals surface area contributed by atoms with Crippen molar-refractivity contribution in [3.05, 3.63) is 113 Å². The fraction of sp³-hybridized carbons (Fsp3) is 0.333. The van der Waals surface area contributed by atoms with E-state index in [1.54, 1.807) is 0 Å². The van der Waals surface area contributed by atoms with Crippen LogP contribution in [0.3, 0.4) is 0 Å². The second-order valence-electron chi connectivity index (χ2n) is 12.8. The zero-order valence-electron chi connectivity index (χ0n) is 29.0. The number of carbonyl (C=O) groups is 2. The molecule has 11 nitrogen and oxygen atoms in total. The maximum absolute atomic E-state index is 12.3. The molecule has 3 aromatic carbocycles. The zero-order chi connectivity index (χ0) is 35.8. The van der Waals surface area contributed by atoms with Crippen molar-refractivity contribution in [1.29, 1.82) is 0 Å². The number of hydrogen-bond donors (Lipinski definition) is 2. The van der Waals surface area contributed by atoms with E-state index >= 15 is 0 Å². The summed E-state index contributed by atoms with van der Waals surface area (Å²) >= 11 is 0. The van der Waals surface area contributed by atoms with Gasteiger partial charge in [-0.1, -0.05) is 62.4 Å². The molecule has 0 bridgehead atoms. The Bertz CT molecular complexity index is 1870. The van der Waals surface area contributed by atoms with E-state index in [2.05, 4.69) is 4.98 Å². The van der Waals surface area contributed by atoms with Gasteiger partial charge in [-0.15, -0.1) is 0 Å². The van der Waals surface area contributed by atoms with Gasteiger partial charge in [0.25, 0.3) is 5.69 Å². The minimum absolute atomic E-state index is 0.167. The number of aryl methyl sites for hydroxylation is 2. The van der Waals surface area contributed by atoms with Gasteiger partial charge in [-0.25, -0.2) is 9.78 Å². The van der Waals surface area contributed by atoms with Crippen LogP contribution in [0.1, 0.15) is 42.3 Å². The largest absolute Gasteiger partial charge is 0.487 e. The van der Waals surface area contributed by atoms with E-state index in [4.69, 9.17) is 18.3 Å². The average molecular weight is 683 g/mol. The Kier molecular flexibility index (Phi) is 11.6. The lowest BCUT2D eigenvalue weighted by molar-refractivity contribution is -0.901. The molecule has 0 spiro atoms. The summed E-state index contributed by atoms with van der Waals surface area (Å²) in [5, 5.41) is 19.4. The number of carbonyl (C=O) groups excluding carboxylic acids is 1. The molecule has 5 aromatic rings. The smallest absolute Gasteiger partial charge is 0.429 e. The Morgan fingerprint density at radius 1 is 0.900 bits per heavy atom. The van der Waals surface area contributed by atoms with E-state index in [0.29, 0.717) is 42.9 Å². The van der Waals surface area contributed by atoms with E-state index in [9.17, 15) is 19.9 Å². The minimum Gasteiger partial charge on any atom is -0.487 e. The highest BCUT2D eigenvalue weighted by Gasteiger charge is 2.40. The quantitative estimate of drug-likeness (QED) is 0.115. The summed E-state index contributed by atoms with van der Waals surface area (Å²) in [6.07, 6.45) is 0.105. The summed E-state index contributed by atoms with van der Waals surface area (Å²) in [7, 11) is 0. The number of benzene rings is 3. The molecule has 1 aliphatic rings. The number of hydrogen-bond acceptors (Lipinski definition) is 8. The van der Waals surface area contributed by atoms with Gasteiger partial charge in [0.15, 0.2) is 5.76 Å². The number of aromatic nitrogens is 2. The van der Waals surface area contributed by atoms with Gasteiger partial charge < -0.3 is 28.3 Å². The van der Waals surface area contributed by atoms with Crippen LogP contribution in [0.4, 0.5) is 4.79 Å². The summed E-state index contributed by atoms with van der Waals surface area (Å²) in [6.45, 7) is 10.6. The fourth-order valence-corrected chi connectivity index (χ4v) is 5.60. The first-order chi connectivity index (χ1) is 24.0. The maximum atomic E-state index is 12.3. The molecule has 1 aliphatic heterocycles. The molecule has 0 aliphatic carbocycles. The summed E-state index contributed by atoms with van der Waals surface area (Å²) < 4.78 is 23.5. The van der Waals surface area contributed by atoms with Crippen LogP contribution in [0.15, 0.2) is 93.8 Å². The highest BCUT2D eigenvalue weighted by Crippen LogP contribution is 2.29. The first-order valence-corrected chi connectivity index (χ1v) is 16.6. The lowest BCUT2D eigenvalue weighted by atomic mass is 9.90. The van der Waals surface area contributed by atoms with Crippen LogP contribution in [0.5, 0.6) is 5.75 Å². The van der Waals surface area contributed by atoms with Crippen molar-refractivity contribution in [3.63, 3.8) is 0 Å². The predicted octanol–water partition coefficient (Wildman–Crippen LogP) is 7.28. The van der Waals surface area contributed by atoms with Gasteiger partial charge in [-0.2, -0.15) is 0 Å². The van der Waals surface area contributed by atoms with Crippen molar-refractivity contribution in [2.75, 3.05) is 19.7 Å². The van der Waals surface area contributed by atoms with Gasteiger partial charge in [0.1, 0.15) is 23.8 Å². The van der Waals surface area contributed by atoms with Crippen LogP contribution in [0.25, 0.3) is 22.9 Å². The van der Waals surface area contributed by atoms with Crippen molar-refractivity contribution >= 4 is 12.1 Å². The van der Waals surface area contributed by atoms with Crippen molar-refractivity contribution in [1.82, 2.24) is 9.88 Å². The molecule has 50 heavy (non-hydrogen) atoms. The molecule has 0 saturated carbocycles. The van der Waals surface area contributed by atoms with E-state index < -0.39 is 18.0 Å². The van der Waals surface area contributed by atoms with E-state index in [1.807, 2.05) is 120 Å². The van der Waals surface area contributed by atoms with E-state index in [1.165, 1.54) is 4.90 Å². The van der Waals surface area contributed by atoms with Gasteiger partial charge in [-0.3, -0.25) is 10.0 Å². The third-order valence-electron chi connectivity index (χ3n) is 8.56. The van der Waals surface area contributed by atoms with E-state index in [-0.39, 0.29) is 25.0 Å². The molecule has 1 fully saturated rings. The molecule has 262 valence electrons. The monoisotopic (exact) mass is 682 g/mol.